The molecule has 0 atom stereocenters. The van der Waals surface area contributed by atoms with Gasteiger partial charge in [-0.3, -0.25) is 10.1 Å². The smallest absolute Gasteiger partial charge is 0.329 e. The predicted molar refractivity (Wildman–Crippen MR) is 77.0 cm³/mol. The molecule has 0 aliphatic rings. The van der Waals surface area contributed by atoms with Gasteiger partial charge < -0.3 is 15.3 Å². The van der Waals surface area contributed by atoms with Crippen LogP contribution < -0.4 is 10.2 Å². The summed E-state index contributed by atoms with van der Waals surface area (Å²) in [4.78, 5) is 20.3. The number of hydrogen-bond donors (Lipinski definition) is 2. The van der Waals surface area contributed by atoms with Gasteiger partial charge in [-0.2, -0.15) is 4.98 Å². The number of nitrogens with one attached hydrogen (secondary N) is 1. The van der Waals surface area contributed by atoms with E-state index in [4.69, 9.17) is 0 Å². The maximum Gasteiger partial charge on any atom is 0.329 e. The van der Waals surface area contributed by atoms with Crippen molar-refractivity contribution in [1.82, 2.24) is 9.97 Å². The molecule has 0 amide bonds. The van der Waals surface area contributed by atoms with Gasteiger partial charge in [0, 0.05) is 19.6 Å². The summed E-state index contributed by atoms with van der Waals surface area (Å²) < 4.78 is 0. The van der Waals surface area contributed by atoms with E-state index in [1.807, 2.05) is 13.8 Å². The number of anilines is 2. The van der Waals surface area contributed by atoms with Crippen molar-refractivity contribution in [3.8, 4) is 0 Å². The molecule has 0 unspecified atom stereocenters. The van der Waals surface area contributed by atoms with E-state index in [1.165, 1.54) is 6.20 Å². The number of aromatic nitrogens is 2. The molecule has 0 aliphatic carbocycles. The first-order valence-electron chi connectivity index (χ1n) is 6.51. The van der Waals surface area contributed by atoms with Gasteiger partial charge in [0.05, 0.1) is 10.5 Å². The van der Waals surface area contributed by atoms with Gasteiger partial charge >= 0.3 is 5.69 Å². The molecule has 20 heavy (non-hydrogen) atoms. The third kappa shape index (κ3) is 4.30. The lowest BCUT2D eigenvalue weighted by Crippen LogP contribution is -2.39. The summed E-state index contributed by atoms with van der Waals surface area (Å²) in [5.41, 5.74) is -1.15. The van der Waals surface area contributed by atoms with E-state index < -0.39 is 10.5 Å². The van der Waals surface area contributed by atoms with Crippen molar-refractivity contribution in [3.05, 3.63) is 16.3 Å². The lowest BCUT2D eigenvalue weighted by molar-refractivity contribution is -0.384. The fraction of sp³-hybridized carbons (Fsp3) is 0.667. The van der Waals surface area contributed by atoms with Crippen LogP contribution in [0.4, 0.5) is 17.5 Å². The van der Waals surface area contributed by atoms with Crippen LogP contribution in [0.15, 0.2) is 6.20 Å². The average molecular weight is 283 g/mol. The molecule has 1 heterocycles. The molecule has 0 fully saturated rings. The van der Waals surface area contributed by atoms with Crippen molar-refractivity contribution >= 4 is 17.5 Å². The summed E-state index contributed by atoms with van der Waals surface area (Å²) in [6.45, 7) is 8.39. The Kier molecular flexibility index (Phi) is 5.20. The van der Waals surface area contributed by atoms with Crippen LogP contribution in [0.3, 0.4) is 0 Å². The van der Waals surface area contributed by atoms with Crippen LogP contribution in [-0.4, -0.2) is 45.2 Å². The molecule has 0 bridgehead atoms. The van der Waals surface area contributed by atoms with Gasteiger partial charge in [-0.05, 0) is 27.7 Å². The van der Waals surface area contributed by atoms with E-state index in [9.17, 15) is 15.2 Å². The van der Waals surface area contributed by atoms with Crippen LogP contribution in [0.5, 0.6) is 0 Å². The van der Waals surface area contributed by atoms with E-state index in [0.717, 1.165) is 0 Å². The quantitative estimate of drug-likeness (QED) is 0.576. The van der Waals surface area contributed by atoms with Crippen LogP contribution in [0.2, 0.25) is 0 Å². The molecule has 0 saturated carbocycles. The molecule has 1 aromatic heterocycles. The van der Waals surface area contributed by atoms with Gasteiger partial charge in [-0.1, -0.05) is 0 Å². The van der Waals surface area contributed by atoms with Gasteiger partial charge in [0.1, 0.15) is 6.20 Å². The van der Waals surface area contributed by atoms with Crippen molar-refractivity contribution < 1.29 is 10.0 Å². The van der Waals surface area contributed by atoms with Crippen LogP contribution in [0.1, 0.15) is 27.7 Å². The summed E-state index contributed by atoms with van der Waals surface area (Å²) in [5.74, 6) is 0.549. The van der Waals surface area contributed by atoms with Crippen molar-refractivity contribution in [1.29, 1.82) is 0 Å². The fourth-order valence-electron chi connectivity index (χ4n) is 1.77. The van der Waals surface area contributed by atoms with Crippen LogP contribution in [-0.2, 0) is 0 Å². The number of nitro groups is 1. The lowest BCUT2D eigenvalue weighted by atomic mass is 10.1. The van der Waals surface area contributed by atoms with Crippen LogP contribution in [0, 0.1) is 10.1 Å². The highest BCUT2D eigenvalue weighted by atomic mass is 16.6. The molecular weight excluding hydrogens is 262 g/mol. The Morgan fingerprint density at radius 2 is 2.15 bits per heavy atom. The largest absolute Gasteiger partial charge is 0.389 e. The highest BCUT2D eigenvalue weighted by Crippen LogP contribution is 2.27. The predicted octanol–water partition coefficient (Wildman–Crippen LogP) is 1.41. The molecule has 0 radical (unpaired) electrons. The minimum atomic E-state index is -0.979. The maximum atomic E-state index is 11.1. The summed E-state index contributed by atoms with van der Waals surface area (Å²) in [6.07, 6.45) is 1.19. The number of hydrogen-bond acceptors (Lipinski definition) is 7. The maximum absolute atomic E-state index is 11.1. The zero-order valence-corrected chi connectivity index (χ0v) is 12.3. The molecule has 2 N–H and O–H groups in total. The Labute approximate surface area is 118 Å². The highest BCUT2D eigenvalue weighted by molar-refractivity contribution is 5.59. The van der Waals surface area contributed by atoms with Gasteiger partial charge in [0.15, 0.2) is 0 Å². The zero-order valence-electron chi connectivity index (χ0n) is 12.3. The third-order valence-corrected chi connectivity index (χ3v) is 2.54. The SMILES string of the molecule is CCNc1ncc([N+](=O)[O-])c(N(CC)CC(C)(C)O)n1. The Bertz CT molecular complexity index is 473. The summed E-state index contributed by atoms with van der Waals surface area (Å²) >= 11 is 0. The van der Waals surface area contributed by atoms with E-state index in [0.29, 0.717) is 19.0 Å². The summed E-state index contributed by atoms with van der Waals surface area (Å²) in [7, 11) is 0. The summed E-state index contributed by atoms with van der Waals surface area (Å²) in [5, 5.41) is 23.9. The molecule has 0 aromatic carbocycles. The molecule has 1 aromatic rings. The normalized spacial score (nSPS) is 11.2. The number of aliphatic hydroxyl groups is 1. The van der Waals surface area contributed by atoms with Gasteiger partial charge in [0.25, 0.3) is 0 Å². The minimum absolute atomic E-state index is 0.169. The monoisotopic (exact) mass is 283 g/mol. The Balaban J connectivity index is 3.21. The van der Waals surface area contributed by atoms with Crippen molar-refractivity contribution in [2.45, 2.75) is 33.3 Å². The Morgan fingerprint density at radius 3 is 2.60 bits per heavy atom. The minimum Gasteiger partial charge on any atom is -0.389 e. The van der Waals surface area contributed by atoms with Crippen molar-refractivity contribution in [2.75, 3.05) is 29.9 Å². The molecule has 8 heteroatoms. The first-order chi connectivity index (χ1) is 9.28. The Hall–Kier alpha value is -1.96. The summed E-state index contributed by atoms with van der Waals surface area (Å²) in [6, 6.07) is 0. The molecule has 8 nitrogen and oxygen atoms in total. The van der Waals surface area contributed by atoms with Gasteiger partial charge in [-0.15, -0.1) is 0 Å². The van der Waals surface area contributed by atoms with Crippen LogP contribution in [0.25, 0.3) is 0 Å². The van der Waals surface area contributed by atoms with E-state index >= 15 is 0 Å². The second kappa shape index (κ2) is 6.47. The highest BCUT2D eigenvalue weighted by Gasteiger charge is 2.26. The molecular formula is C12H21N5O3. The second-order valence-electron chi connectivity index (χ2n) is 5.02. The van der Waals surface area contributed by atoms with Gasteiger partial charge in [0.2, 0.25) is 11.8 Å². The van der Waals surface area contributed by atoms with E-state index in [-0.39, 0.29) is 18.1 Å². The van der Waals surface area contributed by atoms with Crippen molar-refractivity contribution in [2.24, 2.45) is 0 Å². The second-order valence-corrected chi connectivity index (χ2v) is 5.02. The van der Waals surface area contributed by atoms with Crippen LogP contribution >= 0.6 is 0 Å². The number of nitrogens with zero attached hydrogens (tertiary/aromatic N) is 4. The molecule has 0 aliphatic heterocycles. The fourth-order valence-corrected chi connectivity index (χ4v) is 1.77. The average Bonchev–Trinajstić information content (AvgIpc) is 2.35. The topological polar surface area (TPSA) is 104 Å². The van der Waals surface area contributed by atoms with E-state index in [2.05, 4.69) is 15.3 Å². The number of rotatable bonds is 7. The molecule has 112 valence electrons. The first-order valence-corrected chi connectivity index (χ1v) is 6.51. The standard InChI is InChI=1S/C12H21N5O3/c1-5-13-11-14-7-9(17(19)20)10(15-11)16(6-2)8-12(3,4)18/h7,18H,5-6,8H2,1-4H3,(H,13,14,15). The molecule has 0 spiro atoms. The lowest BCUT2D eigenvalue weighted by Gasteiger charge is -2.28. The Morgan fingerprint density at radius 1 is 1.50 bits per heavy atom. The molecule has 1 rings (SSSR count). The first kappa shape index (κ1) is 16.1. The van der Waals surface area contributed by atoms with Crippen molar-refractivity contribution in [3.63, 3.8) is 0 Å². The van der Waals surface area contributed by atoms with E-state index in [1.54, 1.807) is 18.7 Å². The molecule has 0 saturated heterocycles. The van der Waals surface area contributed by atoms with Gasteiger partial charge in [-0.25, -0.2) is 4.98 Å². The zero-order chi connectivity index (χ0) is 15.3. The number of likely N-dealkylation sites (N-methyl/N-ethyl adjacent to an activating group) is 1. The third-order valence-electron chi connectivity index (χ3n) is 2.54.